The minimum atomic E-state index is -3.28. The first-order valence-electron chi connectivity index (χ1n) is 17.9. The summed E-state index contributed by atoms with van der Waals surface area (Å²) in [6.45, 7) is 8.47. The van der Waals surface area contributed by atoms with E-state index in [1.165, 1.54) is 0 Å². The maximum absolute atomic E-state index is 14.7. The van der Waals surface area contributed by atoms with Crippen LogP contribution in [0.15, 0.2) is 127 Å². The van der Waals surface area contributed by atoms with E-state index >= 15 is 0 Å². The molecule has 0 radical (unpaired) electrons. The van der Waals surface area contributed by atoms with Crippen LogP contribution in [-0.4, -0.2) is 35.6 Å². The Kier molecular flexibility index (Phi) is 9.56. The number of aliphatic hydroxyl groups is 1. The smallest absolute Gasteiger partial charge is 0.258 e. The van der Waals surface area contributed by atoms with E-state index in [1.54, 1.807) is 24.8 Å². The van der Waals surface area contributed by atoms with E-state index in [0.29, 0.717) is 27.8 Å². The number of benzene rings is 5. The Morgan fingerprint density at radius 2 is 1.31 bits per heavy atom. The second-order valence-electron chi connectivity index (χ2n) is 15.8. The Labute approximate surface area is 317 Å². The lowest BCUT2D eigenvalue weighted by Crippen LogP contribution is -2.65. The summed E-state index contributed by atoms with van der Waals surface area (Å²) in [5.41, 5.74) is 0.872. The highest BCUT2D eigenvalue weighted by Crippen LogP contribution is 2.59. The minimum Gasteiger partial charge on any atom is -0.424 e. The molecule has 1 heterocycles. The summed E-state index contributed by atoms with van der Waals surface area (Å²) in [4.78, 5) is 29.5. The van der Waals surface area contributed by atoms with Gasteiger partial charge in [0.2, 0.25) is 0 Å². The maximum atomic E-state index is 14.7. The van der Waals surface area contributed by atoms with Crippen molar-refractivity contribution in [3.8, 4) is 0 Å². The SMILES string of the molecule is CC(C)(O)c1ccc2c(c1)C(=O)N(Cc1ccc(Cl)cc1)C2(OCC1(CC(C)(C)[Si](O)(c2ccccc2)c2ccccc2)CC1)c1ccc(Cl)cc1. The van der Waals surface area contributed by atoms with Crippen LogP contribution >= 0.6 is 23.2 Å². The zero-order chi connectivity index (χ0) is 36.9. The van der Waals surface area contributed by atoms with Gasteiger partial charge < -0.3 is 14.6 Å². The molecule has 2 aliphatic rings. The molecule has 0 spiro atoms. The van der Waals surface area contributed by atoms with Crippen molar-refractivity contribution >= 4 is 47.8 Å². The normalized spacial score (nSPS) is 18.4. The van der Waals surface area contributed by atoms with Crippen LogP contribution in [0, 0.1) is 5.41 Å². The summed E-state index contributed by atoms with van der Waals surface area (Å²) in [5, 5.41) is 13.6. The van der Waals surface area contributed by atoms with Crippen molar-refractivity contribution in [1.82, 2.24) is 4.90 Å². The van der Waals surface area contributed by atoms with Crippen molar-refractivity contribution < 1.29 is 19.4 Å². The fourth-order valence-electron chi connectivity index (χ4n) is 8.19. The van der Waals surface area contributed by atoms with Gasteiger partial charge in [0.1, 0.15) is 0 Å². The maximum Gasteiger partial charge on any atom is 0.258 e. The molecule has 5 aromatic rings. The first-order chi connectivity index (χ1) is 24.7. The molecule has 5 nitrogen and oxygen atoms in total. The van der Waals surface area contributed by atoms with Crippen LogP contribution in [-0.2, 0) is 22.6 Å². The van der Waals surface area contributed by atoms with E-state index in [4.69, 9.17) is 27.9 Å². The number of nitrogens with zero attached hydrogens (tertiary/aromatic N) is 1. The quantitative estimate of drug-likeness (QED) is 0.125. The van der Waals surface area contributed by atoms with E-state index in [2.05, 4.69) is 38.1 Å². The Bertz CT molecular complexity index is 2020. The summed E-state index contributed by atoms with van der Waals surface area (Å²) in [6.07, 6.45) is 2.62. The standard InChI is InChI=1S/C44H45Cl2NO4Si/c1-41(2,52(50,36-11-7-5-8-12-36)37-13-9-6-10-14-37)29-43(25-26-43)30-51-44(32-17-22-35(46)23-18-32)39-24-19-33(42(3,4)49)27-38(39)40(48)47(44)28-31-15-20-34(45)21-16-31/h5-24,27,49-50H,25-26,28-30H2,1-4H3. The molecule has 7 rings (SSSR count). The highest BCUT2D eigenvalue weighted by Gasteiger charge is 2.59. The third-order valence-electron chi connectivity index (χ3n) is 11.2. The van der Waals surface area contributed by atoms with Gasteiger partial charge in [0, 0.05) is 33.3 Å². The highest BCUT2D eigenvalue weighted by molar-refractivity contribution is 6.98. The van der Waals surface area contributed by atoms with Crippen LogP contribution in [0.3, 0.4) is 0 Å². The lowest BCUT2D eigenvalue weighted by molar-refractivity contribution is -0.126. The average Bonchev–Trinajstić information content (AvgIpc) is 3.85. The molecule has 268 valence electrons. The molecule has 1 saturated carbocycles. The van der Waals surface area contributed by atoms with Gasteiger partial charge in [0.15, 0.2) is 5.72 Å². The molecule has 1 aliphatic carbocycles. The molecular weight excluding hydrogens is 705 g/mol. The lowest BCUT2D eigenvalue weighted by Gasteiger charge is -2.44. The number of fused-ring (bicyclic) bond motifs is 1. The topological polar surface area (TPSA) is 70.0 Å². The average molecular weight is 751 g/mol. The predicted molar refractivity (Wildman–Crippen MR) is 212 cm³/mol. The predicted octanol–water partition coefficient (Wildman–Crippen LogP) is 8.80. The molecule has 8 heteroatoms. The van der Waals surface area contributed by atoms with Crippen LogP contribution in [0.25, 0.3) is 0 Å². The Morgan fingerprint density at radius 3 is 1.83 bits per heavy atom. The molecule has 2 N–H and O–H groups in total. The monoisotopic (exact) mass is 749 g/mol. The minimum absolute atomic E-state index is 0.189. The van der Waals surface area contributed by atoms with Crippen molar-refractivity contribution in [2.75, 3.05) is 6.61 Å². The zero-order valence-electron chi connectivity index (χ0n) is 30.1. The van der Waals surface area contributed by atoms with Crippen molar-refractivity contribution in [2.24, 2.45) is 5.41 Å². The fraction of sp³-hybridized carbons (Fsp3) is 0.295. The summed E-state index contributed by atoms with van der Waals surface area (Å²) < 4.78 is 7.35. The van der Waals surface area contributed by atoms with Gasteiger partial charge in [0.25, 0.3) is 14.2 Å². The second kappa shape index (κ2) is 13.6. The summed E-state index contributed by atoms with van der Waals surface area (Å²) in [6, 6.07) is 40.9. The van der Waals surface area contributed by atoms with Gasteiger partial charge in [-0.25, -0.2) is 0 Å². The Balaban J connectivity index is 1.32. The summed E-state index contributed by atoms with van der Waals surface area (Å²) >= 11 is 12.7. The third kappa shape index (κ3) is 6.55. The first-order valence-corrected chi connectivity index (χ1v) is 20.6. The molecule has 1 atom stereocenters. The molecule has 0 aromatic heterocycles. The molecule has 5 aromatic carbocycles. The largest absolute Gasteiger partial charge is 0.424 e. The number of amides is 1. The Hall–Kier alpha value is -3.75. The lowest BCUT2D eigenvalue weighted by atomic mass is 9.88. The van der Waals surface area contributed by atoms with Crippen LogP contribution in [0.4, 0.5) is 0 Å². The number of hydrogen-bond acceptors (Lipinski definition) is 4. The number of carbonyl (C=O) groups is 1. The van der Waals surface area contributed by atoms with E-state index < -0.39 is 24.7 Å². The fourth-order valence-corrected chi connectivity index (χ4v) is 12.3. The van der Waals surface area contributed by atoms with Gasteiger partial charge in [-0.1, -0.05) is 134 Å². The van der Waals surface area contributed by atoms with Crippen LogP contribution in [0.2, 0.25) is 15.1 Å². The van der Waals surface area contributed by atoms with E-state index in [0.717, 1.165) is 46.3 Å². The van der Waals surface area contributed by atoms with Crippen LogP contribution in [0.5, 0.6) is 0 Å². The molecule has 1 amide bonds. The molecule has 1 unspecified atom stereocenters. The molecule has 1 aliphatic heterocycles. The van der Waals surface area contributed by atoms with E-state index in [9.17, 15) is 14.7 Å². The van der Waals surface area contributed by atoms with Crippen molar-refractivity contribution in [2.45, 2.75) is 69.9 Å². The number of carbonyl (C=O) groups excluding carboxylic acids is 1. The molecule has 0 bridgehead atoms. The van der Waals surface area contributed by atoms with Gasteiger partial charge >= 0.3 is 0 Å². The molecule has 0 saturated heterocycles. The van der Waals surface area contributed by atoms with Crippen molar-refractivity contribution in [1.29, 1.82) is 0 Å². The van der Waals surface area contributed by atoms with E-state index in [1.807, 2.05) is 97.1 Å². The number of hydrogen-bond donors (Lipinski definition) is 2. The molecule has 1 fully saturated rings. The third-order valence-corrected chi connectivity index (χ3v) is 16.1. The Morgan fingerprint density at radius 1 is 0.769 bits per heavy atom. The van der Waals surface area contributed by atoms with E-state index in [-0.39, 0.29) is 17.9 Å². The van der Waals surface area contributed by atoms with Crippen LogP contribution < -0.4 is 10.4 Å². The first kappa shape index (κ1) is 36.6. The van der Waals surface area contributed by atoms with Gasteiger partial charge in [-0.15, -0.1) is 0 Å². The van der Waals surface area contributed by atoms with Gasteiger partial charge in [-0.05, 0) is 95.4 Å². The summed E-state index contributed by atoms with van der Waals surface area (Å²) in [5.74, 6) is -0.189. The van der Waals surface area contributed by atoms with Crippen LogP contribution in [0.1, 0.15) is 79.6 Å². The summed E-state index contributed by atoms with van der Waals surface area (Å²) in [7, 11) is -3.28. The second-order valence-corrected chi connectivity index (χ2v) is 20.6. The zero-order valence-corrected chi connectivity index (χ0v) is 32.6. The van der Waals surface area contributed by atoms with Crippen molar-refractivity contribution in [3.05, 3.63) is 165 Å². The van der Waals surface area contributed by atoms with Gasteiger partial charge in [0.05, 0.1) is 12.2 Å². The van der Waals surface area contributed by atoms with Crippen molar-refractivity contribution in [3.63, 3.8) is 0 Å². The number of halogens is 2. The van der Waals surface area contributed by atoms with Gasteiger partial charge in [-0.2, -0.15) is 0 Å². The number of ether oxygens (including phenoxy) is 1. The highest BCUT2D eigenvalue weighted by atomic mass is 35.5. The molecular formula is C44H45Cl2NO4Si. The number of rotatable bonds is 12. The molecule has 52 heavy (non-hydrogen) atoms. The van der Waals surface area contributed by atoms with Gasteiger partial charge in [-0.3, -0.25) is 9.69 Å².